The minimum atomic E-state index is -1.36. The van der Waals surface area contributed by atoms with Crippen molar-refractivity contribution in [2.24, 2.45) is 0 Å². The van der Waals surface area contributed by atoms with E-state index in [2.05, 4.69) is 15.2 Å². The molecule has 1 aromatic heterocycles. The summed E-state index contributed by atoms with van der Waals surface area (Å²) in [5.41, 5.74) is 1.17. The average molecular weight is 504 g/mol. The molecule has 35 heavy (non-hydrogen) atoms. The number of rotatable bonds is 4. The molecule has 0 bridgehead atoms. The molecule has 2 heterocycles. The van der Waals surface area contributed by atoms with E-state index in [0.717, 1.165) is 50.2 Å². The van der Waals surface area contributed by atoms with Gasteiger partial charge in [0.25, 0.3) is 5.91 Å². The van der Waals surface area contributed by atoms with Gasteiger partial charge in [0.15, 0.2) is 23.0 Å². The molecular weight excluding hydrogens is 486 g/mol. The molecule has 0 aliphatic carbocycles. The van der Waals surface area contributed by atoms with E-state index in [-0.39, 0.29) is 33.8 Å². The molecule has 1 aliphatic heterocycles. The maximum Gasteiger partial charge on any atom is 0.257 e. The lowest BCUT2D eigenvalue weighted by atomic mass is 10.1. The van der Waals surface area contributed by atoms with Crippen molar-refractivity contribution in [2.75, 3.05) is 23.3 Å². The monoisotopic (exact) mass is 503 g/mol. The van der Waals surface area contributed by atoms with Crippen LogP contribution in [0.4, 0.5) is 28.9 Å². The molecule has 0 unspecified atom stereocenters. The Morgan fingerprint density at radius 1 is 1.06 bits per heavy atom. The standard InChI is InChI=1S/C25H18ClF4N3O2/c1-12-16(25-32-23-18(29)10-14(11-20(23)35-25)33-6-2-3-7-33)8-13(27)9-19(12)31-24(34)15-4-5-17(28)22(30)21(15)26/h4-5,8-11H,2-3,6-7H2,1H3,(H,31,34). The van der Waals surface area contributed by atoms with Crippen LogP contribution < -0.4 is 10.2 Å². The number of nitrogens with one attached hydrogen (secondary N) is 1. The van der Waals surface area contributed by atoms with Crippen molar-refractivity contribution in [3.05, 3.63) is 75.8 Å². The average Bonchev–Trinajstić information content (AvgIpc) is 3.50. The first-order chi connectivity index (χ1) is 16.7. The number of oxazole rings is 1. The Kier molecular flexibility index (Phi) is 5.88. The van der Waals surface area contributed by atoms with Crippen molar-refractivity contribution < 1.29 is 26.8 Å². The van der Waals surface area contributed by atoms with Crippen molar-refractivity contribution >= 4 is 40.0 Å². The van der Waals surface area contributed by atoms with Gasteiger partial charge in [-0.25, -0.2) is 22.5 Å². The van der Waals surface area contributed by atoms with Crippen LogP contribution in [0.15, 0.2) is 40.8 Å². The zero-order chi connectivity index (χ0) is 24.9. The van der Waals surface area contributed by atoms with Gasteiger partial charge in [-0.1, -0.05) is 11.6 Å². The van der Waals surface area contributed by atoms with Crippen LogP contribution in [0.25, 0.3) is 22.6 Å². The predicted octanol–water partition coefficient (Wildman–Crippen LogP) is 6.87. The lowest BCUT2D eigenvalue weighted by molar-refractivity contribution is 0.102. The van der Waals surface area contributed by atoms with Crippen LogP contribution in [0.3, 0.4) is 0 Å². The van der Waals surface area contributed by atoms with Gasteiger partial charge < -0.3 is 14.6 Å². The van der Waals surface area contributed by atoms with Crippen LogP contribution in [0, 0.1) is 30.2 Å². The number of nitrogens with zero attached hydrogens (tertiary/aromatic N) is 2. The van der Waals surface area contributed by atoms with Crippen molar-refractivity contribution in [3.63, 3.8) is 0 Å². The second kappa shape index (κ2) is 8.88. The Labute approximate surface area is 202 Å². The minimum absolute atomic E-state index is 0.00534. The van der Waals surface area contributed by atoms with Gasteiger partial charge in [-0.2, -0.15) is 0 Å². The summed E-state index contributed by atoms with van der Waals surface area (Å²) >= 11 is 5.76. The molecular formula is C25H18ClF4N3O2. The topological polar surface area (TPSA) is 58.4 Å². The Morgan fingerprint density at radius 3 is 2.54 bits per heavy atom. The first-order valence-electron chi connectivity index (χ1n) is 10.8. The van der Waals surface area contributed by atoms with Gasteiger partial charge in [0, 0.05) is 36.1 Å². The van der Waals surface area contributed by atoms with Crippen molar-refractivity contribution in [1.82, 2.24) is 4.98 Å². The van der Waals surface area contributed by atoms with Crippen LogP contribution >= 0.6 is 11.6 Å². The van der Waals surface area contributed by atoms with E-state index in [4.69, 9.17) is 16.0 Å². The maximum absolute atomic E-state index is 14.8. The molecule has 4 aromatic rings. The fourth-order valence-electron chi connectivity index (χ4n) is 4.17. The Bertz CT molecular complexity index is 1480. The molecule has 1 fully saturated rings. The highest BCUT2D eigenvalue weighted by Gasteiger charge is 2.22. The number of anilines is 2. The number of hydrogen-bond donors (Lipinski definition) is 1. The fourth-order valence-corrected chi connectivity index (χ4v) is 4.41. The molecule has 10 heteroatoms. The van der Waals surface area contributed by atoms with Crippen molar-refractivity contribution in [1.29, 1.82) is 0 Å². The molecule has 0 spiro atoms. The van der Waals surface area contributed by atoms with Gasteiger partial charge in [0.2, 0.25) is 5.89 Å². The van der Waals surface area contributed by atoms with Gasteiger partial charge in [-0.05, 0) is 55.7 Å². The second-order valence-electron chi connectivity index (χ2n) is 8.29. The molecule has 1 saturated heterocycles. The first-order valence-corrected chi connectivity index (χ1v) is 11.2. The normalized spacial score (nSPS) is 13.6. The van der Waals surface area contributed by atoms with Crippen molar-refractivity contribution in [3.8, 4) is 11.5 Å². The molecule has 5 rings (SSSR count). The van der Waals surface area contributed by atoms with Crippen molar-refractivity contribution in [2.45, 2.75) is 19.8 Å². The molecule has 1 aliphatic rings. The highest BCUT2D eigenvalue weighted by Crippen LogP contribution is 2.35. The lowest BCUT2D eigenvalue weighted by Crippen LogP contribution is -2.17. The lowest BCUT2D eigenvalue weighted by Gasteiger charge is -2.17. The SMILES string of the molecule is Cc1c(NC(=O)c2ccc(F)c(F)c2Cl)cc(F)cc1-c1nc2c(F)cc(N3CCCC3)cc2o1. The summed E-state index contributed by atoms with van der Waals surface area (Å²) in [4.78, 5) is 18.9. The highest BCUT2D eigenvalue weighted by molar-refractivity contribution is 6.34. The zero-order valence-corrected chi connectivity index (χ0v) is 19.1. The number of amides is 1. The molecule has 0 radical (unpaired) electrons. The van der Waals surface area contributed by atoms with Crippen LogP contribution in [0.2, 0.25) is 5.02 Å². The maximum atomic E-state index is 14.8. The van der Waals surface area contributed by atoms with Gasteiger partial charge >= 0.3 is 0 Å². The molecule has 1 N–H and O–H groups in total. The number of halogens is 5. The van der Waals surface area contributed by atoms with Gasteiger partial charge in [-0.3, -0.25) is 4.79 Å². The Balaban J connectivity index is 1.52. The summed E-state index contributed by atoms with van der Waals surface area (Å²) in [5, 5.41) is 1.76. The van der Waals surface area contributed by atoms with E-state index >= 15 is 0 Å². The highest BCUT2D eigenvalue weighted by atomic mass is 35.5. The largest absolute Gasteiger partial charge is 0.436 e. The number of benzene rings is 3. The quantitative estimate of drug-likeness (QED) is 0.244. The van der Waals surface area contributed by atoms with E-state index in [1.165, 1.54) is 6.07 Å². The van der Waals surface area contributed by atoms with Gasteiger partial charge in [-0.15, -0.1) is 0 Å². The number of hydrogen-bond acceptors (Lipinski definition) is 4. The van der Waals surface area contributed by atoms with E-state index < -0.39 is 34.2 Å². The van der Waals surface area contributed by atoms with E-state index in [9.17, 15) is 22.4 Å². The molecule has 3 aromatic carbocycles. The summed E-state index contributed by atoms with van der Waals surface area (Å²) in [6.45, 7) is 3.22. The number of aromatic nitrogens is 1. The van der Waals surface area contributed by atoms with E-state index in [0.29, 0.717) is 11.3 Å². The predicted molar refractivity (Wildman–Crippen MR) is 125 cm³/mol. The van der Waals surface area contributed by atoms with Crippen LogP contribution in [-0.2, 0) is 0 Å². The summed E-state index contributed by atoms with van der Waals surface area (Å²) in [6.07, 6.45) is 2.04. The third-order valence-electron chi connectivity index (χ3n) is 6.04. The number of carbonyl (C=O) groups is 1. The number of fused-ring (bicyclic) bond motifs is 1. The minimum Gasteiger partial charge on any atom is -0.436 e. The fraction of sp³-hybridized carbons (Fsp3) is 0.200. The Morgan fingerprint density at radius 2 is 1.80 bits per heavy atom. The number of carbonyl (C=O) groups excluding carboxylic acids is 1. The summed E-state index contributed by atoms with van der Waals surface area (Å²) in [7, 11) is 0. The molecule has 0 saturated carbocycles. The Hall–Kier alpha value is -3.59. The first kappa shape index (κ1) is 23.2. The van der Waals surface area contributed by atoms with Crippen LogP contribution in [0.1, 0.15) is 28.8 Å². The second-order valence-corrected chi connectivity index (χ2v) is 8.67. The third-order valence-corrected chi connectivity index (χ3v) is 6.40. The van der Waals surface area contributed by atoms with Gasteiger partial charge in [0.1, 0.15) is 11.3 Å². The van der Waals surface area contributed by atoms with Crippen LogP contribution in [0.5, 0.6) is 0 Å². The molecule has 5 nitrogen and oxygen atoms in total. The summed E-state index contributed by atoms with van der Waals surface area (Å²) in [5.74, 6) is -4.75. The third kappa shape index (κ3) is 4.20. The van der Waals surface area contributed by atoms with Crippen LogP contribution in [-0.4, -0.2) is 24.0 Å². The molecule has 180 valence electrons. The molecule has 0 atom stereocenters. The molecule has 1 amide bonds. The van der Waals surface area contributed by atoms with E-state index in [1.54, 1.807) is 13.0 Å². The zero-order valence-electron chi connectivity index (χ0n) is 18.4. The summed E-state index contributed by atoms with van der Waals surface area (Å²) in [6, 6.07) is 7.09. The van der Waals surface area contributed by atoms with E-state index in [1.807, 2.05) is 0 Å². The summed E-state index contributed by atoms with van der Waals surface area (Å²) < 4.78 is 62.2. The smallest absolute Gasteiger partial charge is 0.257 e. The van der Waals surface area contributed by atoms with Gasteiger partial charge in [0.05, 0.1) is 10.6 Å².